The van der Waals surface area contributed by atoms with Crippen LogP contribution in [0.4, 0.5) is 0 Å². The Morgan fingerprint density at radius 2 is 2.00 bits per heavy atom. The molecule has 1 aliphatic heterocycles. The number of benzene rings is 1. The second-order valence-electron chi connectivity index (χ2n) is 5.98. The minimum Gasteiger partial charge on any atom is -0.336 e. The maximum absolute atomic E-state index is 12.9. The normalized spacial score (nSPS) is 14.9. The number of hydrogen-bond acceptors (Lipinski definition) is 3. The van der Waals surface area contributed by atoms with Crippen LogP contribution in [0.25, 0.3) is 5.69 Å². The third-order valence-corrected chi connectivity index (χ3v) is 4.36. The summed E-state index contributed by atoms with van der Waals surface area (Å²) in [6.07, 6.45) is 6.71. The fourth-order valence-electron chi connectivity index (χ4n) is 3.15. The molecule has 1 aromatic heterocycles. The van der Waals surface area contributed by atoms with Crippen LogP contribution in [0.2, 0.25) is 0 Å². The molecule has 2 heterocycles. The lowest BCUT2D eigenvalue weighted by Crippen LogP contribution is -2.46. The van der Waals surface area contributed by atoms with Gasteiger partial charge in [-0.1, -0.05) is 6.92 Å². The molecule has 2 aromatic rings. The second kappa shape index (κ2) is 8.85. The Kier molecular flexibility index (Phi) is 6.82. The molecule has 1 aliphatic rings. The minimum absolute atomic E-state index is 0. The third kappa shape index (κ3) is 4.16. The van der Waals surface area contributed by atoms with Gasteiger partial charge in [0.15, 0.2) is 0 Å². The van der Waals surface area contributed by atoms with Crippen molar-refractivity contribution in [2.24, 2.45) is 0 Å². The highest BCUT2D eigenvalue weighted by Crippen LogP contribution is 2.17. The first kappa shape index (κ1) is 18.5. The van der Waals surface area contributed by atoms with Crippen LogP contribution in [0, 0.1) is 0 Å². The van der Waals surface area contributed by atoms with E-state index in [1.54, 1.807) is 10.9 Å². The van der Waals surface area contributed by atoms with Gasteiger partial charge in [-0.2, -0.15) is 5.10 Å². The molecule has 0 aliphatic carbocycles. The molecule has 0 spiro atoms. The summed E-state index contributed by atoms with van der Waals surface area (Å²) in [5.41, 5.74) is 1.73. The Balaban J connectivity index is 0.00000208. The fourth-order valence-corrected chi connectivity index (χ4v) is 3.15. The molecule has 0 radical (unpaired) electrons. The van der Waals surface area contributed by atoms with Crippen molar-refractivity contribution in [3.8, 4) is 5.69 Å². The van der Waals surface area contributed by atoms with E-state index >= 15 is 0 Å². The molecule has 130 valence electrons. The topological polar surface area (TPSA) is 50.2 Å². The Hall–Kier alpha value is -1.85. The van der Waals surface area contributed by atoms with Gasteiger partial charge in [0.25, 0.3) is 5.91 Å². The number of rotatable bonds is 5. The molecule has 1 N–H and O–H groups in total. The number of aromatic nitrogens is 2. The average molecular weight is 349 g/mol. The first-order valence-corrected chi connectivity index (χ1v) is 8.41. The van der Waals surface area contributed by atoms with Gasteiger partial charge in [-0.3, -0.25) is 4.79 Å². The van der Waals surface area contributed by atoms with Crippen molar-refractivity contribution in [2.45, 2.75) is 32.2 Å². The van der Waals surface area contributed by atoms with Crippen molar-refractivity contribution in [2.75, 3.05) is 19.6 Å². The van der Waals surface area contributed by atoms with Gasteiger partial charge in [0, 0.05) is 30.5 Å². The second-order valence-corrected chi connectivity index (χ2v) is 5.98. The highest BCUT2D eigenvalue weighted by Gasteiger charge is 2.25. The van der Waals surface area contributed by atoms with Crippen LogP contribution in [0.5, 0.6) is 0 Å². The number of nitrogens with zero attached hydrogens (tertiary/aromatic N) is 3. The molecule has 0 unspecified atom stereocenters. The summed E-state index contributed by atoms with van der Waals surface area (Å²) >= 11 is 0. The van der Waals surface area contributed by atoms with Crippen molar-refractivity contribution in [1.82, 2.24) is 20.0 Å². The molecule has 1 saturated heterocycles. The molecule has 5 nitrogen and oxygen atoms in total. The largest absolute Gasteiger partial charge is 0.336 e. The molecule has 0 bridgehead atoms. The van der Waals surface area contributed by atoms with E-state index in [4.69, 9.17) is 0 Å². The summed E-state index contributed by atoms with van der Waals surface area (Å²) in [6, 6.07) is 9.96. The van der Waals surface area contributed by atoms with Crippen molar-refractivity contribution < 1.29 is 4.79 Å². The summed E-state index contributed by atoms with van der Waals surface area (Å²) in [5.74, 6) is 0.144. The SMILES string of the molecule is CCCN(C(=O)c1ccc(-n2cccn2)cc1)C1CCNCC1.Cl. The van der Waals surface area contributed by atoms with Crippen LogP contribution in [-0.2, 0) is 0 Å². The summed E-state index contributed by atoms with van der Waals surface area (Å²) in [4.78, 5) is 15.0. The molecule has 1 amide bonds. The predicted octanol–water partition coefficient (Wildman–Crippen LogP) is 2.90. The van der Waals surface area contributed by atoms with Gasteiger partial charge in [-0.05, 0) is 62.7 Å². The molecule has 0 atom stereocenters. The summed E-state index contributed by atoms with van der Waals surface area (Å²) in [5, 5.41) is 7.58. The van der Waals surface area contributed by atoms with E-state index in [1.807, 2.05) is 36.5 Å². The van der Waals surface area contributed by atoms with Gasteiger partial charge < -0.3 is 10.2 Å². The standard InChI is InChI=1S/C18H24N4O.ClH/c1-2-13-21(16-8-11-19-12-9-16)18(23)15-4-6-17(7-5-15)22-14-3-10-20-22;/h3-7,10,14,16,19H,2,8-9,11-13H2,1H3;1H. The zero-order valence-electron chi connectivity index (χ0n) is 14.0. The highest BCUT2D eigenvalue weighted by atomic mass is 35.5. The molecule has 6 heteroatoms. The Labute approximate surface area is 149 Å². The van der Waals surface area contributed by atoms with Crippen LogP contribution in [0.3, 0.4) is 0 Å². The lowest BCUT2D eigenvalue weighted by atomic mass is 10.0. The first-order valence-electron chi connectivity index (χ1n) is 8.41. The number of halogens is 1. The maximum atomic E-state index is 12.9. The van der Waals surface area contributed by atoms with Crippen molar-refractivity contribution in [3.63, 3.8) is 0 Å². The van der Waals surface area contributed by atoms with Crippen molar-refractivity contribution in [1.29, 1.82) is 0 Å². The quantitative estimate of drug-likeness (QED) is 0.903. The monoisotopic (exact) mass is 348 g/mol. The number of nitrogens with one attached hydrogen (secondary N) is 1. The van der Waals surface area contributed by atoms with E-state index in [-0.39, 0.29) is 18.3 Å². The Morgan fingerprint density at radius 3 is 2.58 bits per heavy atom. The van der Waals surface area contributed by atoms with Gasteiger partial charge in [0.05, 0.1) is 5.69 Å². The minimum atomic E-state index is 0. The van der Waals surface area contributed by atoms with Crippen LogP contribution in [0.1, 0.15) is 36.5 Å². The van der Waals surface area contributed by atoms with E-state index in [0.29, 0.717) is 6.04 Å². The van der Waals surface area contributed by atoms with E-state index in [9.17, 15) is 4.79 Å². The van der Waals surface area contributed by atoms with E-state index in [2.05, 4.69) is 22.2 Å². The summed E-state index contributed by atoms with van der Waals surface area (Å²) in [7, 11) is 0. The number of carbonyl (C=O) groups excluding carboxylic acids is 1. The smallest absolute Gasteiger partial charge is 0.254 e. The van der Waals surface area contributed by atoms with Crippen molar-refractivity contribution >= 4 is 18.3 Å². The van der Waals surface area contributed by atoms with Gasteiger partial charge in [-0.15, -0.1) is 12.4 Å². The summed E-state index contributed by atoms with van der Waals surface area (Å²) < 4.78 is 1.80. The molecular weight excluding hydrogens is 324 g/mol. The van der Waals surface area contributed by atoms with Crippen molar-refractivity contribution in [3.05, 3.63) is 48.3 Å². The summed E-state index contributed by atoms with van der Waals surface area (Å²) in [6.45, 7) is 4.94. The number of hydrogen-bond donors (Lipinski definition) is 1. The number of amides is 1. The average Bonchev–Trinajstić information content (AvgIpc) is 3.15. The molecule has 3 rings (SSSR count). The highest BCUT2D eigenvalue weighted by molar-refractivity contribution is 5.94. The van der Waals surface area contributed by atoms with E-state index in [1.165, 1.54) is 0 Å². The van der Waals surface area contributed by atoms with Gasteiger partial charge in [0.2, 0.25) is 0 Å². The van der Waals surface area contributed by atoms with E-state index in [0.717, 1.165) is 50.1 Å². The van der Waals surface area contributed by atoms with Crippen LogP contribution in [0.15, 0.2) is 42.7 Å². The van der Waals surface area contributed by atoms with Gasteiger partial charge in [-0.25, -0.2) is 4.68 Å². The number of carbonyl (C=O) groups is 1. The van der Waals surface area contributed by atoms with Crippen LogP contribution < -0.4 is 5.32 Å². The predicted molar refractivity (Wildman–Crippen MR) is 98.0 cm³/mol. The zero-order chi connectivity index (χ0) is 16.1. The molecule has 24 heavy (non-hydrogen) atoms. The maximum Gasteiger partial charge on any atom is 0.254 e. The van der Waals surface area contributed by atoms with Crippen LogP contribution >= 0.6 is 12.4 Å². The van der Waals surface area contributed by atoms with Crippen LogP contribution in [-0.4, -0.2) is 46.3 Å². The Morgan fingerprint density at radius 1 is 1.29 bits per heavy atom. The lowest BCUT2D eigenvalue weighted by Gasteiger charge is -2.34. The fraction of sp³-hybridized carbons (Fsp3) is 0.444. The zero-order valence-corrected chi connectivity index (χ0v) is 14.8. The van der Waals surface area contributed by atoms with Gasteiger partial charge >= 0.3 is 0 Å². The molecule has 1 aromatic carbocycles. The lowest BCUT2D eigenvalue weighted by molar-refractivity contribution is 0.0642. The molecule has 0 saturated carbocycles. The van der Waals surface area contributed by atoms with E-state index < -0.39 is 0 Å². The first-order chi connectivity index (χ1) is 11.3. The van der Waals surface area contributed by atoms with Gasteiger partial charge in [0.1, 0.15) is 0 Å². The number of piperidine rings is 1. The third-order valence-electron chi connectivity index (χ3n) is 4.36. The molecular formula is C18H25ClN4O. The Bertz CT molecular complexity index is 621. The molecule has 1 fully saturated rings.